The maximum Gasteiger partial charge on any atom is 0.242 e. The Morgan fingerprint density at radius 1 is 0.814 bits per heavy atom. The Bertz CT molecular complexity index is 1510. The number of carbonyl (C=O) groups excluding carboxylic acids is 3. The first-order valence-corrected chi connectivity index (χ1v) is 15.6. The fraction of sp³-hybridized carbons (Fsp3) is 0.290. The van der Waals surface area contributed by atoms with E-state index in [1.807, 2.05) is 54.6 Å². The lowest BCUT2D eigenvalue weighted by atomic mass is 10.0. The topological polar surface area (TPSA) is 197 Å². The summed E-state index contributed by atoms with van der Waals surface area (Å²) in [5.74, 6) is -2.17. The zero-order valence-electron chi connectivity index (χ0n) is 24.0. The minimum atomic E-state index is -3.79. The molecule has 0 spiro atoms. The van der Waals surface area contributed by atoms with Gasteiger partial charge in [0.15, 0.2) is 0 Å². The van der Waals surface area contributed by atoms with Gasteiger partial charge in [0.05, 0.1) is 5.75 Å². The van der Waals surface area contributed by atoms with Crippen molar-refractivity contribution >= 4 is 33.6 Å². The van der Waals surface area contributed by atoms with E-state index < -0.39 is 39.8 Å². The molecule has 43 heavy (non-hydrogen) atoms. The molecule has 0 saturated carbocycles. The van der Waals surface area contributed by atoms with Crippen molar-refractivity contribution in [3.8, 4) is 11.1 Å². The second-order valence-electron chi connectivity index (χ2n) is 10.2. The van der Waals surface area contributed by atoms with Gasteiger partial charge in [0.1, 0.15) is 17.9 Å². The molecule has 2 atom stereocenters. The summed E-state index contributed by atoms with van der Waals surface area (Å²) in [5.41, 5.74) is 14.7. The normalized spacial score (nSPS) is 12.6. The quantitative estimate of drug-likeness (QED) is 0.106. The first-order valence-electron chi connectivity index (χ1n) is 13.9. The predicted octanol–water partition coefficient (Wildman–Crippen LogP) is 1.94. The smallest absolute Gasteiger partial charge is 0.242 e. The van der Waals surface area contributed by atoms with Crippen molar-refractivity contribution in [1.29, 1.82) is 5.41 Å². The van der Waals surface area contributed by atoms with Crippen LogP contribution in [-0.2, 0) is 37.4 Å². The van der Waals surface area contributed by atoms with Crippen molar-refractivity contribution in [1.82, 2.24) is 15.4 Å². The number of amidine groups is 1. The molecule has 0 bridgehead atoms. The van der Waals surface area contributed by atoms with Gasteiger partial charge in [-0.15, -0.1) is 0 Å². The first-order chi connectivity index (χ1) is 20.5. The van der Waals surface area contributed by atoms with Gasteiger partial charge in [0.2, 0.25) is 27.7 Å². The molecular weight excluding hydrogens is 568 g/mol. The van der Waals surface area contributed by atoms with Crippen molar-refractivity contribution in [2.45, 2.75) is 51.2 Å². The number of nitrogens with two attached hydrogens (primary N) is 2. The predicted molar refractivity (Wildman–Crippen MR) is 166 cm³/mol. The van der Waals surface area contributed by atoms with E-state index in [4.69, 9.17) is 16.9 Å². The van der Waals surface area contributed by atoms with Gasteiger partial charge in [-0.1, -0.05) is 85.8 Å². The van der Waals surface area contributed by atoms with Gasteiger partial charge in [0, 0.05) is 18.5 Å². The molecule has 3 aromatic rings. The summed E-state index contributed by atoms with van der Waals surface area (Å²) >= 11 is 0. The molecule has 228 valence electrons. The van der Waals surface area contributed by atoms with E-state index in [2.05, 4.69) is 15.4 Å². The molecule has 0 fully saturated rings. The number of nitrogen functional groups attached to an aromatic ring is 1. The third kappa shape index (κ3) is 10.7. The molecule has 0 heterocycles. The van der Waals surface area contributed by atoms with Crippen LogP contribution in [0.2, 0.25) is 0 Å². The third-order valence-corrected chi connectivity index (χ3v) is 8.25. The van der Waals surface area contributed by atoms with E-state index in [9.17, 15) is 22.8 Å². The highest BCUT2D eigenvalue weighted by atomic mass is 32.2. The Morgan fingerprint density at radius 2 is 1.42 bits per heavy atom. The Labute approximate surface area is 252 Å². The van der Waals surface area contributed by atoms with Crippen LogP contribution in [0.25, 0.3) is 11.1 Å². The third-order valence-electron chi connectivity index (χ3n) is 6.66. The highest BCUT2D eigenvalue weighted by Gasteiger charge is 2.29. The van der Waals surface area contributed by atoms with Crippen LogP contribution in [0.4, 0.5) is 0 Å². The summed E-state index contributed by atoms with van der Waals surface area (Å²) in [7, 11) is -3.79. The molecule has 0 aliphatic rings. The number of hydrogen-bond donors (Lipinski definition) is 6. The zero-order valence-corrected chi connectivity index (χ0v) is 24.8. The molecule has 0 radical (unpaired) electrons. The summed E-state index contributed by atoms with van der Waals surface area (Å²) in [6.07, 6.45) is 0.151. The van der Waals surface area contributed by atoms with Crippen LogP contribution in [0.3, 0.4) is 0 Å². The number of sulfonamides is 1. The van der Waals surface area contributed by atoms with Crippen LogP contribution in [0.15, 0.2) is 78.9 Å². The largest absolute Gasteiger partial charge is 0.384 e. The van der Waals surface area contributed by atoms with Crippen LogP contribution >= 0.6 is 0 Å². The minimum Gasteiger partial charge on any atom is -0.384 e. The molecule has 3 aromatic carbocycles. The summed E-state index contributed by atoms with van der Waals surface area (Å²) in [6, 6.07) is 21.5. The molecule has 0 aliphatic heterocycles. The van der Waals surface area contributed by atoms with Gasteiger partial charge in [-0.3, -0.25) is 19.8 Å². The summed E-state index contributed by atoms with van der Waals surface area (Å²) in [4.78, 5) is 38.1. The Hall–Kier alpha value is -4.55. The summed E-state index contributed by atoms with van der Waals surface area (Å²) < 4.78 is 27.8. The van der Waals surface area contributed by atoms with Crippen molar-refractivity contribution in [3.63, 3.8) is 0 Å². The van der Waals surface area contributed by atoms with E-state index in [-0.39, 0.29) is 37.4 Å². The average Bonchev–Trinajstić information content (AvgIpc) is 2.98. The standard InChI is InChI=1S/C31H38N6O5S/c1-2-18-43(41,42)37-27(19-21-8-12-24(13-9-21)23-6-4-3-5-7-23)31(40)36-26(16-17-28(32)38)30(39)35-20-22-10-14-25(15-11-22)29(33)34/h3-15,26-27,37H,2,16-20H2,1H3,(H2,32,38)(H3,33,34)(H,35,39)(H,36,40). The molecule has 11 nitrogen and oxygen atoms in total. The van der Waals surface area contributed by atoms with Gasteiger partial charge < -0.3 is 22.1 Å². The number of benzene rings is 3. The van der Waals surface area contributed by atoms with Crippen LogP contribution < -0.4 is 26.8 Å². The van der Waals surface area contributed by atoms with Crippen molar-refractivity contribution in [3.05, 3.63) is 95.6 Å². The lowest BCUT2D eigenvalue weighted by Crippen LogP contribution is -2.54. The number of nitrogens with one attached hydrogen (secondary N) is 4. The van der Waals surface area contributed by atoms with Gasteiger partial charge in [0.25, 0.3) is 0 Å². The van der Waals surface area contributed by atoms with E-state index in [1.165, 1.54) is 0 Å². The summed E-state index contributed by atoms with van der Waals surface area (Å²) in [6.45, 7) is 1.83. The number of primary amides is 1. The van der Waals surface area contributed by atoms with E-state index in [0.29, 0.717) is 17.5 Å². The lowest BCUT2D eigenvalue weighted by Gasteiger charge is -2.23. The van der Waals surface area contributed by atoms with Crippen molar-refractivity contribution in [2.24, 2.45) is 11.5 Å². The maximum atomic E-state index is 13.5. The number of hydrogen-bond acceptors (Lipinski definition) is 6. The molecule has 3 rings (SSSR count). The van der Waals surface area contributed by atoms with E-state index in [1.54, 1.807) is 31.2 Å². The second kappa shape index (κ2) is 15.6. The van der Waals surface area contributed by atoms with Crippen molar-refractivity contribution < 1.29 is 22.8 Å². The average molecular weight is 607 g/mol. The molecule has 0 saturated heterocycles. The Morgan fingerprint density at radius 3 is 2.00 bits per heavy atom. The Kier molecular flexibility index (Phi) is 12.0. The van der Waals surface area contributed by atoms with Crippen LogP contribution in [0.1, 0.15) is 42.9 Å². The molecule has 0 aliphatic carbocycles. The minimum absolute atomic E-state index is 0.0382. The molecule has 2 unspecified atom stereocenters. The molecule has 3 amide bonds. The van der Waals surface area contributed by atoms with Gasteiger partial charge in [-0.25, -0.2) is 13.1 Å². The van der Waals surface area contributed by atoms with E-state index in [0.717, 1.165) is 16.7 Å². The maximum absolute atomic E-state index is 13.5. The second-order valence-corrected chi connectivity index (χ2v) is 12.0. The number of amides is 3. The molecular formula is C31H38N6O5S. The fourth-order valence-electron chi connectivity index (χ4n) is 4.37. The van der Waals surface area contributed by atoms with Gasteiger partial charge in [-0.2, -0.15) is 0 Å². The van der Waals surface area contributed by atoms with Crippen LogP contribution in [0.5, 0.6) is 0 Å². The van der Waals surface area contributed by atoms with E-state index >= 15 is 0 Å². The van der Waals surface area contributed by atoms with Crippen molar-refractivity contribution in [2.75, 3.05) is 5.75 Å². The number of rotatable bonds is 16. The SMILES string of the molecule is CCCS(=O)(=O)NC(Cc1ccc(-c2ccccc2)cc1)C(=O)NC(CCC(N)=O)C(=O)NCc1ccc(C(=N)N)cc1. The summed E-state index contributed by atoms with van der Waals surface area (Å²) in [5, 5.41) is 12.8. The fourth-order valence-corrected chi connectivity index (χ4v) is 5.65. The lowest BCUT2D eigenvalue weighted by molar-refractivity contribution is -0.130. The molecule has 12 heteroatoms. The van der Waals surface area contributed by atoms with Gasteiger partial charge >= 0.3 is 0 Å². The Balaban J connectivity index is 1.76. The van der Waals surface area contributed by atoms with Crippen LogP contribution in [0, 0.1) is 5.41 Å². The molecule has 8 N–H and O–H groups in total. The number of carbonyl (C=O) groups is 3. The van der Waals surface area contributed by atoms with Gasteiger partial charge in [-0.05, 0) is 41.5 Å². The zero-order chi connectivity index (χ0) is 31.4. The monoisotopic (exact) mass is 606 g/mol. The highest BCUT2D eigenvalue weighted by Crippen LogP contribution is 2.20. The van der Waals surface area contributed by atoms with Crippen LogP contribution in [-0.4, -0.2) is 49.8 Å². The first kappa shape index (κ1) is 33.0. The highest BCUT2D eigenvalue weighted by molar-refractivity contribution is 7.89. The molecule has 0 aromatic heterocycles.